The molecular formula is C47H32F2N4. The fourth-order valence-electron chi connectivity index (χ4n) is 7.27. The van der Waals surface area contributed by atoms with E-state index < -0.39 is 11.6 Å². The molecule has 0 spiro atoms. The van der Waals surface area contributed by atoms with E-state index >= 15 is 4.39 Å². The van der Waals surface area contributed by atoms with E-state index in [2.05, 4.69) is 66.9 Å². The monoisotopic (exact) mass is 690 g/mol. The minimum Gasteiger partial charge on any atom is -0.308 e. The minimum absolute atomic E-state index is 0.151. The van der Waals surface area contributed by atoms with E-state index in [0.717, 1.165) is 55.8 Å². The highest BCUT2D eigenvalue weighted by Crippen LogP contribution is 2.40. The van der Waals surface area contributed by atoms with E-state index in [0.29, 0.717) is 28.6 Å². The van der Waals surface area contributed by atoms with Crippen molar-refractivity contribution in [3.63, 3.8) is 0 Å². The van der Waals surface area contributed by atoms with Crippen molar-refractivity contribution in [2.24, 2.45) is 0 Å². The van der Waals surface area contributed by atoms with Crippen LogP contribution in [0.25, 0.3) is 83.9 Å². The van der Waals surface area contributed by atoms with Gasteiger partial charge in [0.15, 0.2) is 29.1 Å². The van der Waals surface area contributed by atoms with Crippen LogP contribution < -0.4 is 0 Å². The number of aryl methyl sites for hydroxylation is 2. The predicted octanol–water partition coefficient (Wildman–Crippen LogP) is 12.2. The lowest BCUT2D eigenvalue weighted by Gasteiger charge is -2.17. The summed E-state index contributed by atoms with van der Waals surface area (Å²) in [4.78, 5) is 15.1. The van der Waals surface area contributed by atoms with Crippen LogP contribution in [0.1, 0.15) is 11.1 Å². The van der Waals surface area contributed by atoms with Crippen molar-refractivity contribution in [3.05, 3.63) is 180 Å². The smallest absolute Gasteiger partial charge is 0.166 e. The number of fused-ring (bicyclic) bond motifs is 3. The Morgan fingerprint density at radius 3 is 1.77 bits per heavy atom. The third-order valence-electron chi connectivity index (χ3n) is 9.81. The van der Waals surface area contributed by atoms with Crippen LogP contribution in [-0.4, -0.2) is 19.5 Å². The first-order valence-corrected chi connectivity index (χ1v) is 17.5. The summed E-state index contributed by atoms with van der Waals surface area (Å²) in [5.41, 5.74) is 10.4. The highest BCUT2D eigenvalue weighted by molar-refractivity contribution is 6.10. The molecule has 0 fully saturated rings. The summed E-state index contributed by atoms with van der Waals surface area (Å²) in [5, 5.41) is 2.18. The molecule has 254 valence electrons. The van der Waals surface area contributed by atoms with E-state index in [9.17, 15) is 4.39 Å². The minimum atomic E-state index is -0.910. The van der Waals surface area contributed by atoms with Crippen LogP contribution >= 0.6 is 0 Å². The Labute approximate surface area is 305 Å². The maximum Gasteiger partial charge on any atom is 0.166 e. The fraction of sp³-hybridized carbons (Fsp3) is 0.0426. The van der Waals surface area contributed by atoms with Gasteiger partial charge in [-0.05, 0) is 66.4 Å². The first kappa shape index (κ1) is 32.1. The molecule has 7 aromatic carbocycles. The summed E-state index contributed by atoms with van der Waals surface area (Å²) in [7, 11) is 0. The molecule has 0 unspecified atom stereocenters. The Morgan fingerprint density at radius 1 is 0.434 bits per heavy atom. The van der Waals surface area contributed by atoms with Gasteiger partial charge in [0.05, 0.1) is 16.7 Å². The number of nitrogens with zero attached hydrogens (tertiary/aromatic N) is 4. The summed E-state index contributed by atoms with van der Waals surface area (Å²) >= 11 is 0. The first-order chi connectivity index (χ1) is 25.9. The second-order valence-electron chi connectivity index (χ2n) is 13.3. The number of hydrogen-bond donors (Lipinski definition) is 0. The van der Waals surface area contributed by atoms with Crippen LogP contribution in [0.3, 0.4) is 0 Å². The van der Waals surface area contributed by atoms with Gasteiger partial charge in [-0.2, -0.15) is 0 Å². The van der Waals surface area contributed by atoms with Crippen LogP contribution in [0.2, 0.25) is 0 Å². The molecule has 0 atom stereocenters. The van der Waals surface area contributed by atoms with Crippen LogP contribution in [0.5, 0.6) is 0 Å². The van der Waals surface area contributed by atoms with Gasteiger partial charge in [0.1, 0.15) is 0 Å². The van der Waals surface area contributed by atoms with Crippen LogP contribution in [0.15, 0.2) is 158 Å². The Kier molecular flexibility index (Phi) is 7.93. The van der Waals surface area contributed by atoms with Gasteiger partial charge in [0.2, 0.25) is 0 Å². The van der Waals surface area contributed by atoms with Gasteiger partial charge in [-0.1, -0.05) is 133 Å². The largest absolute Gasteiger partial charge is 0.308 e. The number of aromatic nitrogens is 4. The van der Waals surface area contributed by atoms with Crippen molar-refractivity contribution >= 4 is 21.8 Å². The fourth-order valence-corrected chi connectivity index (χ4v) is 7.27. The van der Waals surface area contributed by atoms with Crippen LogP contribution in [-0.2, 0) is 0 Å². The standard InChI is InChI=1S/C47H32F2N4/c1-29-20-23-35(30(2)26-29)34-21-24-38-37-16-9-10-19-41(37)53(43(38)28-34)42-25-22-33(36-17-11-18-40(48)44(36)49)27-39(42)47-51-45(31-12-5-3-6-13-31)50-46(52-47)32-14-7-4-8-15-32/h3-28H,1-2H3. The summed E-state index contributed by atoms with van der Waals surface area (Å²) in [5.74, 6) is -0.411. The maximum atomic E-state index is 15.4. The average Bonchev–Trinajstić information content (AvgIpc) is 3.52. The molecule has 0 aliphatic heterocycles. The molecule has 2 heterocycles. The van der Waals surface area contributed by atoms with Gasteiger partial charge in [-0.15, -0.1) is 0 Å². The molecule has 0 radical (unpaired) electrons. The molecule has 0 aliphatic carbocycles. The SMILES string of the molecule is Cc1ccc(-c2ccc3c4ccccc4n(-c4ccc(-c5cccc(F)c5F)cc4-c4nc(-c5ccccc5)nc(-c5ccccc5)n4)c3c2)c(C)c1. The number of benzene rings is 7. The molecule has 0 saturated carbocycles. The van der Waals surface area contributed by atoms with Crippen molar-refractivity contribution in [2.45, 2.75) is 13.8 Å². The van der Waals surface area contributed by atoms with E-state index in [-0.39, 0.29) is 5.56 Å². The third-order valence-corrected chi connectivity index (χ3v) is 9.81. The van der Waals surface area contributed by atoms with Gasteiger partial charge in [-0.3, -0.25) is 0 Å². The molecule has 4 nitrogen and oxygen atoms in total. The predicted molar refractivity (Wildman–Crippen MR) is 211 cm³/mol. The normalized spacial score (nSPS) is 11.4. The molecule has 2 aromatic heterocycles. The molecule has 9 aromatic rings. The Morgan fingerprint density at radius 2 is 1.06 bits per heavy atom. The van der Waals surface area contributed by atoms with E-state index in [1.165, 1.54) is 17.2 Å². The van der Waals surface area contributed by atoms with Crippen LogP contribution in [0.4, 0.5) is 8.78 Å². The molecule has 0 bridgehead atoms. The van der Waals surface area contributed by atoms with Crippen molar-refractivity contribution in [2.75, 3.05) is 0 Å². The third kappa shape index (κ3) is 5.75. The lowest BCUT2D eigenvalue weighted by Crippen LogP contribution is -2.04. The topological polar surface area (TPSA) is 43.6 Å². The van der Waals surface area contributed by atoms with Gasteiger partial charge >= 0.3 is 0 Å². The second-order valence-corrected chi connectivity index (χ2v) is 13.3. The Hall–Kier alpha value is -6.79. The molecule has 0 amide bonds. The molecule has 53 heavy (non-hydrogen) atoms. The van der Waals surface area contributed by atoms with Gasteiger partial charge in [0, 0.05) is 33.0 Å². The average molecular weight is 691 g/mol. The molecule has 6 heteroatoms. The van der Waals surface area contributed by atoms with Crippen LogP contribution in [0, 0.1) is 25.5 Å². The van der Waals surface area contributed by atoms with Crippen molar-refractivity contribution < 1.29 is 8.78 Å². The molecular weight excluding hydrogens is 659 g/mol. The zero-order valence-electron chi connectivity index (χ0n) is 29.1. The van der Waals surface area contributed by atoms with E-state index in [1.807, 2.05) is 91.0 Å². The highest BCUT2D eigenvalue weighted by Gasteiger charge is 2.22. The number of hydrogen-bond acceptors (Lipinski definition) is 3. The molecule has 0 saturated heterocycles. The number of para-hydroxylation sites is 1. The lowest BCUT2D eigenvalue weighted by molar-refractivity contribution is 0.511. The number of rotatable bonds is 6. The summed E-state index contributed by atoms with van der Waals surface area (Å²) in [6.07, 6.45) is 0. The quantitative estimate of drug-likeness (QED) is 0.174. The van der Waals surface area contributed by atoms with E-state index in [4.69, 9.17) is 15.0 Å². The molecule has 0 N–H and O–H groups in total. The summed E-state index contributed by atoms with van der Waals surface area (Å²) in [6, 6.07) is 50.9. The first-order valence-electron chi connectivity index (χ1n) is 17.5. The van der Waals surface area contributed by atoms with Gasteiger partial charge in [-0.25, -0.2) is 23.7 Å². The highest BCUT2D eigenvalue weighted by atomic mass is 19.2. The second kappa shape index (κ2) is 13.1. The molecule has 9 rings (SSSR count). The van der Waals surface area contributed by atoms with Gasteiger partial charge < -0.3 is 4.57 Å². The molecule has 0 aliphatic rings. The Bertz CT molecular complexity index is 2770. The lowest BCUT2D eigenvalue weighted by atomic mass is 9.97. The van der Waals surface area contributed by atoms with Crippen molar-refractivity contribution in [1.29, 1.82) is 0 Å². The van der Waals surface area contributed by atoms with Gasteiger partial charge in [0.25, 0.3) is 0 Å². The van der Waals surface area contributed by atoms with Crippen molar-refractivity contribution in [1.82, 2.24) is 19.5 Å². The maximum absolute atomic E-state index is 15.4. The summed E-state index contributed by atoms with van der Waals surface area (Å²) < 4.78 is 32.3. The zero-order valence-corrected chi connectivity index (χ0v) is 29.1. The van der Waals surface area contributed by atoms with E-state index in [1.54, 1.807) is 6.07 Å². The zero-order chi connectivity index (χ0) is 36.1. The number of halogens is 2. The van der Waals surface area contributed by atoms with Crippen molar-refractivity contribution in [3.8, 4) is 62.1 Å². The summed E-state index contributed by atoms with van der Waals surface area (Å²) in [6.45, 7) is 4.24. The Balaban J connectivity index is 1.37.